The van der Waals surface area contributed by atoms with Crippen LogP contribution in [0.4, 0.5) is 4.39 Å². The first-order chi connectivity index (χ1) is 10.7. The molecule has 3 rings (SSSR count). The smallest absolute Gasteiger partial charge is 0.191 e. The predicted octanol–water partition coefficient (Wildman–Crippen LogP) is 1.65. The van der Waals surface area contributed by atoms with E-state index in [4.69, 9.17) is 0 Å². The summed E-state index contributed by atoms with van der Waals surface area (Å²) in [6.45, 7) is 0.377. The predicted molar refractivity (Wildman–Crippen MR) is 75.4 cm³/mol. The van der Waals surface area contributed by atoms with Crippen molar-refractivity contribution in [3.05, 3.63) is 59.9 Å². The summed E-state index contributed by atoms with van der Waals surface area (Å²) in [7, 11) is 0. The summed E-state index contributed by atoms with van der Waals surface area (Å²) in [5, 5.41) is 20.0. The zero-order chi connectivity index (χ0) is 15.4. The number of nitrogens with one attached hydrogen (secondary N) is 1. The van der Waals surface area contributed by atoms with Crippen molar-refractivity contribution in [2.75, 3.05) is 0 Å². The number of hydrogen-bond acceptors (Lipinski definition) is 5. The van der Waals surface area contributed by atoms with Gasteiger partial charge in [0.2, 0.25) is 0 Å². The largest absolute Gasteiger partial charge is 0.261 e. The molecule has 7 nitrogen and oxygen atoms in total. The van der Waals surface area contributed by atoms with Gasteiger partial charge in [0.1, 0.15) is 36.9 Å². The highest BCUT2D eigenvalue weighted by Crippen LogP contribution is 2.14. The molecule has 108 valence electrons. The number of benzene rings is 1. The van der Waals surface area contributed by atoms with Crippen molar-refractivity contribution >= 4 is 11.6 Å². The lowest BCUT2D eigenvalue weighted by atomic mass is 10.1. The van der Waals surface area contributed by atoms with Crippen LogP contribution in [0.15, 0.2) is 36.9 Å². The van der Waals surface area contributed by atoms with Crippen molar-refractivity contribution in [2.24, 2.45) is 0 Å². The molecule has 8 heteroatoms. The van der Waals surface area contributed by atoms with E-state index in [-0.39, 0.29) is 17.2 Å². The molecule has 1 aromatic carbocycles. The summed E-state index contributed by atoms with van der Waals surface area (Å²) in [6.07, 6.45) is 4.58. The Morgan fingerprint density at radius 1 is 1.36 bits per heavy atom. The number of nitrogens with zero attached hydrogens (tertiary/aromatic N) is 6. The molecule has 0 aliphatic rings. The zero-order valence-corrected chi connectivity index (χ0v) is 11.3. The molecule has 0 aliphatic carbocycles. The summed E-state index contributed by atoms with van der Waals surface area (Å²) in [5.41, 5.74) is 0.980. The number of allylic oxidation sites excluding steroid dienone is 1. The lowest BCUT2D eigenvalue weighted by Gasteiger charge is -1.95. The van der Waals surface area contributed by atoms with Gasteiger partial charge in [-0.1, -0.05) is 12.1 Å². The van der Waals surface area contributed by atoms with Crippen LogP contribution >= 0.6 is 0 Å². The van der Waals surface area contributed by atoms with Crippen molar-refractivity contribution in [2.45, 2.75) is 6.54 Å². The molecule has 0 fully saturated rings. The first-order valence-corrected chi connectivity index (χ1v) is 6.36. The van der Waals surface area contributed by atoms with Gasteiger partial charge in [0.25, 0.3) is 0 Å². The van der Waals surface area contributed by atoms with Gasteiger partial charge >= 0.3 is 0 Å². The maximum atomic E-state index is 12.9. The second-order valence-electron chi connectivity index (χ2n) is 4.42. The summed E-state index contributed by atoms with van der Waals surface area (Å²) < 4.78 is 14.5. The van der Waals surface area contributed by atoms with Crippen molar-refractivity contribution in [1.82, 2.24) is 29.9 Å². The molecule has 0 radical (unpaired) electrons. The Balaban J connectivity index is 1.83. The van der Waals surface area contributed by atoms with E-state index in [0.717, 1.165) is 0 Å². The molecule has 22 heavy (non-hydrogen) atoms. The third kappa shape index (κ3) is 3.04. The number of nitriles is 1. The van der Waals surface area contributed by atoms with Gasteiger partial charge in [-0.3, -0.25) is 5.10 Å². The molecule has 0 saturated heterocycles. The molecule has 0 unspecified atom stereocenters. The van der Waals surface area contributed by atoms with E-state index in [1.165, 1.54) is 18.5 Å². The number of hydrogen-bond donors (Lipinski definition) is 1. The molecule has 0 amide bonds. The van der Waals surface area contributed by atoms with Crippen LogP contribution in [0.3, 0.4) is 0 Å². The first kappa shape index (κ1) is 13.6. The maximum Gasteiger partial charge on any atom is 0.191 e. The van der Waals surface area contributed by atoms with E-state index in [1.54, 1.807) is 29.2 Å². The number of halogens is 1. The van der Waals surface area contributed by atoms with Crippen LogP contribution < -0.4 is 0 Å². The minimum atomic E-state index is -0.330. The van der Waals surface area contributed by atoms with Crippen LogP contribution in [0, 0.1) is 17.1 Å². The van der Waals surface area contributed by atoms with Crippen molar-refractivity contribution < 1.29 is 4.39 Å². The molecule has 1 N–H and O–H groups in total. The first-order valence-electron chi connectivity index (χ1n) is 6.36. The van der Waals surface area contributed by atoms with Crippen LogP contribution in [-0.2, 0) is 6.54 Å². The van der Waals surface area contributed by atoms with Gasteiger partial charge < -0.3 is 0 Å². The number of rotatable bonds is 4. The molecule has 0 saturated carbocycles. The molecule has 3 aromatic rings. The van der Waals surface area contributed by atoms with Gasteiger partial charge in [-0.25, -0.2) is 19.0 Å². The SMILES string of the molecule is N#C/C(=C\c1ccc(F)cc1)c1n[nH]c(Cn2cncn2)n1. The third-order valence-electron chi connectivity index (χ3n) is 2.85. The van der Waals surface area contributed by atoms with E-state index in [2.05, 4.69) is 25.3 Å². The van der Waals surface area contributed by atoms with E-state index in [1.807, 2.05) is 6.07 Å². The normalized spacial score (nSPS) is 11.4. The van der Waals surface area contributed by atoms with E-state index < -0.39 is 0 Å². The van der Waals surface area contributed by atoms with Crippen LogP contribution in [0.5, 0.6) is 0 Å². The summed E-state index contributed by atoms with van der Waals surface area (Å²) in [4.78, 5) is 8.08. The van der Waals surface area contributed by atoms with E-state index in [0.29, 0.717) is 17.9 Å². The standard InChI is InChI=1S/C14H10FN7/c15-12-3-1-10(2-4-12)5-11(6-16)14-19-13(20-21-14)7-22-9-17-8-18-22/h1-5,8-9H,7H2,(H,19,20,21)/b11-5+. The molecule has 0 atom stereocenters. The Morgan fingerprint density at radius 3 is 2.86 bits per heavy atom. The highest BCUT2D eigenvalue weighted by molar-refractivity contribution is 5.86. The van der Waals surface area contributed by atoms with Crippen LogP contribution in [0.1, 0.15) is 17.2 Å². The van der Waals surface area contributed by atoms with Gasteiger partial charge in [0.05, 0.1) is 5.57 Å². The fourth-order valence-corrected chi connectivity index (χ4v) is 1.83. The fraction of sp³-hybridized carbons (Fsp3) is 0.0714. The van der Waals surface area contributed by atoms with Crippen LogP contribution in [-0.4, -0.2) is 29.9 Å². The van der Waals surface area contributed by atoms with Gasteiger partial charge in [-0.05, 0) is 23.8 Å². The molecule has 2 heterocycles. The molecular formula is C14H10FN7. The summed E-state index contributed by atoms with van der Waals surface area (Å²) in [5.74, 6) is 0.506. The number of aromatic nitrogens is 6. The monoisotopic (exact) mass is 295 g/mol. The zero-order valence-electron chi connectivity index (χ0n) is 11.3. The summed E-state index contributed by atoms with van der Waals surface area (Å²) >= 11 is 0. The van der Waals surface area contributed by atoms with Gasteiger partial charge in [0, 0.05) is 0 Å². The minimum absolute atomic E-state index is 0.280. The average Bonchev–Trinajstić information content (AvgIpc) is 3.19. The summed E-state index contributed by atoms with van der Waals surface area (Å²) in [6, 6.07) is 7.86. The Labute approximate surface area is 124 Å². The Hall–Kier alpha value is -3.34. The number of aromatic amines is 1. The molecular weight excluding hydrogens is 285 g/mol. The topological polar surface area (TPSA) is 96.1 Å². The fourth-order valence-electron chi connectivity index (χ4n) is 1.83. The minimum Gasteiger partial charge on any atom is -0.261 e. The van der Waals surface area contributed by atoms with Gasteiger partial charge in [0.15, 0.2) is 5.82 Å². The highest BCUT2D eigenvalue weighted by atomic mass is 19.1. The van der Waals surface area contributed by atoms with E-state index >= 15 is 0 Å². The molecule has 0 bridgehead atoms. The van der Waals surface area contributed by atoms with Crippen molar-refractivity contribution in [3.63, 3.8) is 0 Å². The average molecular weight is 295 g/mol. The van der Waals surface area contributed by atoms with Crippen molar-refractivity contribution in [3.8, 4) is 6.07 Å². The molecule has 0 spiro atoms. The lowest BCUT2D eigenvalue weighted by Crippen LogP contribution is -2.01. The van der Waals surface area contributed by atoms with Gasteiger partial charge in [-0.15, -0.1) is 0 Å². The van der Waals surface area contributed by atoms with Crippen molar-refractivity contribution in [1.29, 1.82) is 5.26 Å². The Kier molecular flexibility index (Phi) is 3.70. The van der Waals surface area contributed by atoms with Crippen LogP contribution in [0.2, 0.25) is 0 Å². The molecule has 2 aromatic heterocycles. The number of H-pyrrole nitrogens is 1. The second kappa shape index (κ2) is 5.97. The van der Waals surface area contributed by atoms with Crippen LogP contribution in [0.25, 0.3) is 11.6 Å². The van der Waals surface area contributed by atoms with E-state index in [9.17, 15) is 9.65 Å². The second-order valence-corrected chi connectivity index (χ2v) is 4.42. The maximum absolute atomic E-state index is 12.9. The third-order valence-corrected chi connectivity index (χ3v) is 2.85. The quantitative estimate of drug-likeness (QED) is 0.738. The Bertz CT molecular complexity index is 825. The Morgan fingerprint density at radius 2 is 2.18 bits per heavy atom. The molecule has 0 aliphatic heterocycles. The lowest BCUT2D eigenvalue weighted by molar-refractivity contribution is 0.628. The van der Waals surface area contributed by atoms with Gasteiger partial charge in [-0.2, -0.15) is 15.5 Å². The highest BCUT2D eigenvalue weighted by Gasteiger charge is 2.09.